The van der Waals surface area contributed by atoms with Gasteiger partial charge in [-0.15, -0.1) is 0 Å². The lowest BCUT2D eigenvalue weighted by molar-refractivity contribution is 0.198. The topological polar surface area (TPSA) is 29.5 Å². The zero-order valence-electron chi connectivity index (χ0n) is 11.9. The van der Waals surface area contributed by atoms with Crippen molar-refractivity contribution in [2.45, 2.75) is 50.4 Å². The van der Waals surface area contributed by atoms with Gasteiger partial charge in [0.1, 0.15) is 5.75 Å². The van der Waals surface area contributed by atoms with Gasteiger partial charge in [0.15, 0.2) is 0 Å². The van der Waals surface area contributed by atoms with Gasteiger partial charge in [-0.2, -0.15) is 11.8 Å². The molecule has 1 saturated carbocycles. The van der Waals surface area contributed by atoms with Crippen LogP contribution in [-0.2, 0) is 0 Å². The zero-order chi connectivity index (χ0) is 13.7. The molecule has 2 nitrogen and oxygen atoms in total. The zero-order valence-corrected chi connectivity index (χ0v) is 12.7. The normalized spacial score (nSPS) is 18.3. The number of hydrogen-bond acceptors (Lipinski definition) is 3. The van der Waals surface area contributed by atoms with Crippen molar-refractivity contribution in [1.29, 1.82) is 0 Å². The summed E-state index contributed by atoms with van der Waals surface area (Å²) in [5, 5.41) is 11.1. The molecule has 0 radical (unpaired) electrons. The van der Waals surface area contributed by atoms with Crippen molar-refractivity contribution in [2.75, 3.05) is 12.9 Å². The van der Waals surface area contributed by atoms with Gasteiger partial charge in [0.05, 0.1) is 13.2 Å². The largest absolute Gasteiger partial charge is 0.496 e. The van der Waals surface area contributed by atoms with Crippen LogP contribution in [0, 0.1) is 6.92 Å². The molecule has 1 fully saturated rings. The third-order valence-corrected chi connectivity index (χ3v) is 5.24. The number of thioether (sulfide) groups is 1. The van der Waals surface area contributed by atoms with Crippen molar-refractivity contribution in [3.8, 4) is 5.75 Å². The van der Waals surface area contributed by atoms with Crippen molar-refractivity contribution in [3.63, 3.8) is 0 Å². The monoisotopic (exact) mass is 280 g/mol. The van der Waals surface area contributed by atoms with E-state index in [2.05, 4.69) is 0 Å². The number of ether oxygens (including phenoxy) is 1. The Morgan fingerprint density at radius 1 is 1.32 bits per heavy atom. The van der Waals surface area contributed by atoms with Gasteiger partial charge in [0.25, 0.3) is 0 Å². The van der Waals surface area contributed by atoms with Crippen LogP contribution in [-0.4, -0.2) is 23.2 Å². The van der Waals surface area contributed by atoms with Crippen molar-refractivity contribution in [2.24, 2.45) is 0 Å². The Morgan fingerprint density at radius 2 is 2.05 bits per heavy atom. The quantitative estimate of drug-likeness (QED) is 0.880. The van der Waals surface area contributed by atoms with Gasteiger partial charge >= 0.3 is 0 Å². The van der Waals surface area contributed by atoms with E-state index in [1.165, 1.54) is 32.1 Å². The first kappa shape index (κ1) is 14.7. The lowest BCUT2D eigenvalue weighted by Crippen LogP contribution is -2.12. The molecule has 106 valence electrons. The Bertz CT molecular complexity index is 400. The summed E-state index contributed by atoms with van der Waals surface area (Å²) in [5.41, 5.74) is 2.09. The molecular weight excluding hydrogens is 256 g/mol. The second-order valence-electron chi connectivity index (χ2n) is 5.35. The fourth-order valence-corrected chi connectivity index (χ4v) is 3.96. The minimum atomic E-state index is -0.429. The number of rotatable bonds is 5. The van der Waals surface area contributed by atoms with E-state index in [4.69, 9.17) is 4.74 Å². The Kier molecular flexibility index (Phi) is 5.59. The van der Waals surface area contributed by atoms with Gasteiger partial charge in [-0.05, 0) is 31.9 Å². The predicted octanol–water partition coefficient (Wildman–Crippen LogP) is 4.10. The average molecular weight is 280 g/mol. The Balaban J connectivity index is 1.94. The lowest BCUT2D eigenvalue weighted by Gasteiger charge is -2.23. The first-order valence-electron chi connectivity index (χ1n) is 7.15. The van der Waals surface area contributed by atoms with Crippen LogP contribution in [0.15, 0.2) is 18.2 Å². The second kappa shape index (κ2) is 7.20. The summed E-state index contributed by atoms with van der Waals surface area (Å²) in [7, 11) is 1.66. The molecule has 1 atom stereocenters. The van der Waals surface area contributed by atoms with E-state index in [9.17, 15) is 5.11 Å². The summed E-state index contributed by atoms with van der Waals surface area (Å²) in [4.78, 5) is 0. The highest BCUT2D eigenvalue weighted by molar-refractivity contribution is 7.99. The molecule has 1 aliphatic carbocycles. The predicted molar refractivity (Wildman–Crippen MR) is 82.0 cm³/mol. The first-order chi connectivity index (χ1) is 9.20. The smallest absolute Gasteiger partial charge is 0.124 e. The molecule has 2 rings (SSSR count). The van der Waals surface area contributed by atoms with E-state index in [-0.39, 0.29) is 0 Å². The van der Waals surface area contributed by atoms with Crippen LogP contribution >= 0.6 is 11.8 Å². The molecule has 3 heteroatoms. The number of benzene rings is 1. The van der Waals surface area contributed by atoms with Crippen LogP contribution in [0.2, 0.25) is 0 Å². The third kappa shape index (κ3) is 4.15. The summed E-state index contributed by atoms with van der Waals surface area (Å²) >= 11 is 1.92. The minimum Gasteiger partial charge on any atom is -0.496 e. The van der Waals surface area contributed by atoms with Gasteiger partial charge in [-0.1, -0.05) is 30.9 Å². The molecule has 1 aliphatic rings. The first-order valence-corrected chi connectivity index (χ1v) is 8.20. The third-order valence-electron chi connectivity index (χ3n) is 3.79. The van der Waals surface area contributed by atoms with E-state index in [1.54, 1.807) is 7.11 Å². The fraction of sp³-hybridized carbons (Fsp3) is 0.625. The van der Waals surface area contributed by atoms with Crippen molar-refractivity contribution in [3.05, 3.63) is 29.3 Å². The van der Waals surface area contributed by atoms with E-state index in [0.29, 0.717) is 0 Å². The molecule has 0 heterocycles. The van der Waals surface area contributed by atoms with Crippen LogP contribution in [0.3, 0.4) is 0 Å². The van der Waals surface area contributed by atoms with E-state index in [0.717, 1.165) is 27.9 Å². The maximum Gasteiger partial charge on any atom is 0.124 e. The van der Waals surface area contributed by atoms with Crippen LogP contribution in [0.1, 0.15) is 49.3 Å². The number of methoxy groups -OCH3 is 1. The second-order valence-corrected chi connectivity index (χ2v) is 6.69. The molecule has 1 aromatic carbocycles. The van der Waals surface area contributed by atoms with Gasteiger partial charge in [0, 0.05) is 16.6 Å². The lowest BCUT2D eigenvalue weighted by atomic mass is 10.0. The SMILES string of the molecule is COc1ccc(C)cc1C(O)CSC1CCCCC1. The standard InChI is InChI=1S/C16H24O2S/c1-12-8-9-16(18-2)14(10-12)15(17)11-19-13-6-4-3-5-7-13/h8-10,13,15,17H,3-7,11H2,1-2H3. The van der Waals surface area contributed by atoms with Gasteiger partial charge in [0.2, 0.25) is 0 Å². The Hall–Kier alpha value is -0.670. The minimum absolute atomic E-state index is 0.429. The Labute approximate surface area is 120 Å². The van der Waals surface area contributed by atoms with Crippen molar-refractivity contribution < 1.29 is 9.84 Å². The fourth-order valence-electron chi connectivity index (χ4n) is 2.66. The number of aryl methyl sites for hydroxylation is 1. The average Bonchev–Trinajstić information content (AvgIpc) is 2.46. The molecule has 0 saturated heterocycles. The summed E-state index contributed by atoms with van der Waals surface area (Å²) in [5.74, 6) is 1.56. The summed E-state index contributed by atoms with van der Waals surface area (Å²) in [6.45, 7) is 2.05. The Morgan fingerprint density at radius 3 is 2.74 bits per heavy atom. The van der Waals surface area contributed by atoms with Gasteiger partial charge < -0.3 is 9.84 Å². The number of aliphatic hydroxyl groups excluding tert-OH is 1. The highest BCUT2D eigenvalue weighted by Crippen LogP contribution is 2.33. The van der Waals surface area contributed by atoms with Gasteiger partial charge in [-0.3, -0.25) is 0 Å². The maximum atomic E-state index is 10.4. The van der Waals surface area contributed by atoms with E-state index in [1.807, 2.05) is 36.9 Å². The molecule has 0 aliphatic heterocycles. The van der Waals surface area contributed by atoms with E-state index < -0.39 is 6.10 Å². The summed E-state index contributed by atoms with van der Waals surface area (Å²) in [6, 6.07) is 5.99. The highest BCUT2D eigenvalue weighted by atomic mass is 32.2. The van der Waals surface area contributed by atoms with E-state index >= 15 is 0 Å². The van der Waals surface area contributed by atoms with Gasteiger partial charge in [-0.25, -0.2) is 0 Å². The van der Waals surface area contributed by atoms with Crippen molar-refractivity contribution in [1.82, 2.24) is 0 Å². The summed E-state index contributed by atoms with van der Waals surface area (Å²) < 4.78 is 5.34. The molecule has 19 heavy (non-hydrogen) atoms. The molecule has 0 bridgehead atoms. The van der Waals surface area contributed by atoms with Crippen molar-refractivity contribution >= 4 is 11.8 Å². The number of hydrogen-bond donors (Lipinski definition) is 1. The van der Waals surface area contributed by atoms with Crippen LogP contribution < -0.4 is 4.74 Å². The molecule has 0 amide bonds. The van der Waals surface area contributed by atoms with Crippen LogP contribution in [0.25, 0.3) is 0 Å². The van der Waals surface area contributed by atoms with Crippen LogP contribution in [0.4, 0.5) is 0 Å². The maximum absolute atomic E-state index is 10.4. The highest BCUT2D eigenvalue weighted by Gasteiger charge is 2.18. The molecule has 0 spiro atoms. The molecule has 1 unspecified atom stereocenters. The molecule has 0 aromatic heterocycles. The molecule has 1 aromatic rings. The van der Waals surface area contributed by atoms with Crippen LogP contribution in [0.5, 0.6) is 5.75 Å². The summed E-state index contributed by atoms with van der Waals surface area (Å²) in [6.07, 6.45) is 6.26. The molecule has 1 N–H and O–H groups in total. The number of aliphatic hydroxyl groups is 1. The molecular formula is C16H24O2S.